The first-order chi connectivity index (χ1) is 9.24. The van der Waals surface area contributed by atoms with Gasteiger partial charge in [0.05, 0.1) is 13.2 Å². The quantitative estimate of drug-likeness (QED) is 0.736. The molecule has 1 aromatic heterocycles. The molecule has 2 aliphatic rings. The lowest BCUT2D eigenvalue weighted by Gasteiger charge is -2.32. The first kappa shape index (κ1) is 12.6. The largest absolute Gasteiger partial charge is 0.465 e. The van der Waals surface area contributed by atoms with E-state index in [2.05, 4.69) is 15.4 Å². The van der Waals surface area contributed by atoms with Gasteiger partial charge in [0.1, 0.15) is 18.2 Å². The van der Waals surface area contributed by atoms with E-state index in [0.29, 0.717) is 25.1 Å². The Hall–Kier alpha value is -1.43. The Morgan fingerprint density at radius 1 is 1.47 bits per heavy atom. The number of aromatic nitrogens is 3. The molecular formula is C13H20N4O2. The fraction of sp³-hybridized carbons (Fsp3) is 0.769. The lowest BCUT2D eigenvalue weighted by Crippen LogP contribution is -2.58. The fourth-order valence-electron chi connectivity index (χ4n) is 2.58. The lowest BCUT2D eigenvalue weighted by molar-refractivity contribution is -0.153. The van der Waals surface area contributed by atoms with Crippen molar-refractivity contribution in [1.29, 1.82) is 0 Å². The summed E-state index contributed by atoms with van der Waals surface area (Å²) in [6.45, 7) is 2.77. The van der Waals surface area contributed by atoms with Crippen LogP contribution in [0.4, 0.5) is 0 Å². The maximum atomic E-state index is 12.5. The van der Waals surface area contributed by atoms with Crippen LogP contribution in [0.15, 0.2) is 12.7 Å². The highest BCUT2D eigenvalue weighted by molar-refractivity contribution is 5.82. The number of nitrogens with zero attached hydrogens (tertiary/aromatic N) is 3. The molecule has 1 N–H and O–H groups in total. The average Bonchev–Trinajstić information content (AvgIpc) is 3.30. The normalized spacial score (nSPS) is 21.9. The van der Waals surface area contributed by atoms with E-state index in [9.17, 15) is 4.79 Å². The second-order valence-corrected chi connectivity index (χ2v) is 5.48. The van der Waals surface area contributed by atoms with E-state index >= 15 is 0 Å². The van der Waals surface area contributed by atoms with Crippen molar-refractivity contribution in [3.8, 4) is 0 Å². The number of ether oxygens (including phenoxy) is 1. The van der Waals surface area contributed by atoms with Crippen LogP contribution in [0.25, 0.3) is 0 Å². The van der Waals surface area contributed by atoms with Gasteiger partial charge in [-0.15, -0.1) is 0 Å². The third-order valence-electron chi connectivity index (χ3n) is 3.83. The number of carbonyl (C=O) groups excluding carboxylic acids is 1. The highest BCUT2D eigenvalue weighted by Gasteiger charge is 2.54. The van der Waals surface area contributed by atoms with Crippen LogP contribution < -0.4 is 5.32 Å². The van der Waals surface area contributed by atoms with E-state index in [1.54, 1.807) is 11.0 Å². The number of nitrogens with one attached hydrogen (secondary N) is 1. The SMILES string of the molecule is CCOC(=O)C(Cn1cncn1)(NC1CC1)C1CC1. The maximum Gasteiger partial charge on any atom is 0.328 e. The van der Waals surface area contributed by atoms with Gasteiger partial charge in [0.15, 0.2) is 0 Å². The third-order valence-corrected chi connectivity index (χ3v) is 3.83. The molecule has 1 atom stereocenters. The number of hydrogen-bond acceptors (Lipinski definition) is 5. The number of hydrogen-bond donors (Lipinski definition) is 1. The molecule has 2 aliphatic carbocycles. The van der Waals surface area contributed by atoms with Gasteiger partial charge < -0.3 is 4.74 Å². The fourth-order valence-corrected chi connectivity index (χ4v) is 2.58. The van der Waals surface area contributed by atoms with Crippen LogP contribution in [-0.4, -0.2) is 38.9 Å². The molecule has 19 heavy (non-hydrogen) atoms. The van der Waals surface area contributed by atoms with Gasteiger partial charge in [-0.3, -0.25) is 10.00 Å². The third kappa shape index (κ3) is 2.63. The van der Waals surface area contributed by atoms with E-state index in [1.807, 2.05) is 6.92 Å². The minimum Gasteiger partial charge on any atom is -0.465 e. The zero-order valence-corrected chi connectivity index (χ0v) is 11.2. The number of esters is 1. The van der Waals surface area contributed by atoms with Crippen LogP contribution in [0, 0.1) is 5.92 Å². The van der Waals surface area contributed by atoms with Crippen LogP contribution >= 0.6 is 0 Å². The first-order valence-electron chi connectivity index (χ1n) is 7.02. The van der Waals surface area contributed by atoms with Crippen molar-refractivity contribution < 1.29 is 9.53 Å². The van der Waals surface area contributed by atoms with Gasteiger partial charge in [-0.25, -0.2) is 9.78 Å². The Labute approximate surface area is 112 Å². The van der Waals surface area contributed by atoms with Gasteiger partial charge in [-0.1, -0.05) is 0 Å². The van der Waals surface area contributed by atoms with Crippen LogP contribution in [0.1, 0.15) is 32.6 Å². The van der Waals surface area contributed by atoms with Crippen molar-refractivity contribution in [2.45, 2.75) is 50.7 Å². The van der Waals surface area contributed by atoms with Gasteiger partial charge in [0.25, 0.3) is 0 Å². The summed E-state index contributed by atoms with van der Waals surface area (Å²) in [6, 6.07) is 0.452. The first-order valence-corrected chi connectivity index (χ1v) is 7.02. The van der Waals surface area contributed by atoms with Crippen molar-refractivity contribution in [2.75, 3.05) is 6.61 Å². The molecule has 0 aromatic carbocycles. The average molecular weight is 264 g/mol. The highest BCUT2D eigenvalue weighted by Crippen LogP contribution is 2.43. The molecule has 0 radical (unpaired) electrons. The molecule has 3 rings (SSSR count). The van der Waals surface area contributed by atoms with Gasteiger partial charge in [0, 0.05) is 6.04 Å². The lowest BCUT2D eigenvalue weighted by atomic mass is 9.92. The maximum absolute atomic E-state index is 12.5. The summed E-state index contributed by atoms with van der Waals surface area (Å²) in [5.41, 5.74) is -0.620. The zero-order chi connectivity index (χ0) is 13.3. The standard InChI is InChI=1S/C13H20N4O2/c1-2-19-12(18)13(10-3-4-10,16-11-5-6-11)7-17-9-14-8-15-17/h8-11,16H,2-7H2,1H3. The minimum atomic E-state index is -0.620. The molecule has 0 aliphatic heterocycles. The van der Waals surface area contributed by atoms with Gasteiger partial charge in [0.2, 0.25) is 0 Å². The molecule has 1 unspecified atom stereocenters. The smallest absolute Gasteiger partial charge is 0.328 e. The van der Waals surface area contributed by atoms with Crippen molar-refractivity contribution in [2.24, 2.45) is 5.92 Å². The van der Waals surface area contributed by atoms with E-state index in [1.165, 1.54) is 6.33 Å². The molecule has 1 heterocycles. The van der Waals surface area contributed by atoms with Gasteiger partial charge >= 0.3 is 5.97 Å². The van der Waals surface area contributed by atoms with Crippen molar-refractivity contribution in [3.05, 3.63) is 12.7 Å². The highest BCUT2D eigenvalue weighted by atomic mass is 16.5. The topological polar surface area (TPSA) is 69.0 Å². The van der Waals surface area contributed by atoms with Crippen molar-refractivity contribution >= 4 is 5.97 Å². The van der Waals surface area contributed by atoms with Crippen molar-refractivity contribution in [3.63, 3.8) is 0 Å². The Bertz CT molecular complexity index is 440. The van der Waals surface area contributed by atoms with E-state index < -0.39 is 5.54 Å². The van der Waals surface area contributed by atoms with Gasteiger partial charge in [-0.05, 0) is 38.5 Å². The van der Waals surface area contributed by atoms with Gasteiger partial charge in [-0.2, -0.15) is 5.10 Å². The molecule has 2 saturated carbocycles. The summed E-state index contributed by atoms with van der Waals surface area (Å²) >= 11 is 0. The second-order valence-electron chi connectivity index (χ2n) is 5.48. The molecule has 1 aromatic rings. The van der Waals surface area contributed by atoms with E-state index in [4.69, 9.17) is 4.74 Å². The molecule has 6 heteroatoms. The predicted octanol–water partition coefficient (Wildman–Crippen LogP) is 0.742. The summed E-state index contributed by atoms with van der Waals surface area (Å²) in [5, 5.41) is 7.67. The molecular weight excluding hydrogens is 244 g/mol. The Balaban J connectivity index is 1.84. The van der Waals surface area contributed by atoms with E-state index in [-0.39, 0.29) is 5.97 Å². The van der Waals surface area contributed by atoms with E-state index in [0.717, 1.165) is 25.7 Å². The summed E-state index contributed by atoms with van der Waals surface area (Å²) in [4.78, 5) is 16.4. The second kappa shape index (κ2) is 4.92. The Morgan fingerprint density at radius 2 is 2.26 bits per heavy atom. The van der Waals surface area contributed by atoms with Crippen LogP contribution in [0.2, 0.25) is 0 Å². The number of carbonyl (C=O) groups is 1. The molecule has 0 spiro atoms. The van der Waals surface area contributed by atoms with Crippen LogP contribution in [0.5, 0.6) is 0 Å². The molecule has 104 valence electrons. The van der Waals surface area contributed by atoms with Crippen LogP contribution in [-0.2, 0) is 16.1 Å². The summed E-state index contributed by atoms with van der Waals surface area (Å²) < 4.78 is 7.05. The minimum absolute atomic E-state index is 0.139. The predicted molar refractivity (Wildman–Crippen MR) is 68.3 cm³/mol. The molecule has 6 nitrogen and oxygen atoms in total. The van der Waals surface area contributed by atoms with Crippen molar-refractivity contribution in [1.82, 2.24) is 20.1 Å². The monoisotopic (exact) mass is 264 g/mol. The Kier molecular flexibility index (Phi) is 3.26. The number of rotatable bonds is 7. The summed E-state index contributed by atoms with van der Waals surface area (Å²) in [6.07, 6.45) is 7.60. The summed E-state index contributed by atoms with van der Waals surface area (Å²) in [5.74, 6) is 0.219. The Morgan fingerprint density at radius 3 is 2.79 bits per heavy atom. The molecule has 0 saturated heterocycles. The summed E-state index contributed by atoms with van der Waals surface area (Å²) in [7, 11) is 0. The molecule has 0 amide bonds. The molecule has 2 fully saturated rings. The zero-order valence-electron chi connectivity index (χ0n) is 11.2. The molecule has 0 bridgehead atoms. The van der Waals surface area contributed by atoms with Crippen LogP contribution in [0.3, 0.4) is 0 Å².